The highest BCUT2D eigenvalue weighted by Gasteiger charge is 2.18. The summed E-state index contributed by atoms with van der Waals surface area (Å²) in [5.74, 6) is -0.464. The third-order valence-electron chi connectivity index (χ3n) is 2.90. The number of fused-ring (bicyclic) bond motifs is 1. The largest absolute Gasteiger partial charge is 0.256 e. The molecule has 0 aliphatic rings. The Morgan fingerprint density at radius 3 is 2.57 bits per heavy atom. The lowest BCUT2D eigenvalue weighted by Gasteiger charge is -2.10. The molecule has 0 aliphatic heterocycles. The molecule has 1 heterocycles. The zero-order valence-electron chi connectivity index (χ0n) is 11.3. The summed E-state index contributed by atoms with van der Waals surface area (Å²) in [5, 5.41) is 5.33. The molecule has 0 saturated heterocycles. The Labute approximate surface area is 123 Å². The number of sulfonamides is 2. The first-order valence-electron chi connectivity index (χ1n) is 6.05. The summed E-state index contributed by atoms with van der Waals surface area (Å²) in [4.78, 5) is 4.23. The van der Waals surface area contributed by atoms with E-state index in [-0.39, 0.29) is 11.4 Å². The average molecular weight is 329 g/mol. The van der Waals surface area contributed by atoms with Crippen LogP contribution in [0, 0.1) is 6.92 Å². The summed E-state index contributed by atoms with van der Waals surface area (Å²) < 4.78 is 48.5. The van der Waals surface area contributed by atoms with Crippen LogP contribution in [0.25, 0.3) is 10.9 Å². The molecule has 0 radical (unpaired) electrons. The molecule has 2 rings (SSSR count). The predicted molar refractivity (Wildman–Crippen MR) is 79.6 cm³/mol. The molecule has 0 bridgehead atoms. The standard InChI is InChI=1S/C12H15N3O4S2/c1-9-4-5-11(10-3-2-6-14-12(9)10)21(18,19)15-7-8-20(13,16)17/h2-6,15H,7-8H2,1H3,(H2,13,16,17). The highest BCUT2D eigenvalue weighted by Crippen LogP contribution is 2.23. The Kier molecular flexibility index (Phi) is 4.28. The number of hydrogen-bond donors (Lipinski definition) is 2. The molecular formula is C12H15N3O4S2. The van der Waals surface area contributed by atoms with Crippen LogP contribution in [0.3, 0.4) is 0 Å². The second-order valence-electron chi connectivity index (χ2n) is 4.54. The number of aryl methyl sites for hydroxylation is 1. The fourth-order valence-corrected chi connectivity index (χ4v) is 3.66. The fourth-order valence-electron chi connectivity index (χ4n) is 1.92. The van der Waals surface area contributed by atoms with E-state index in [0.717, 1.165) is 5.56 Å². The number of nitrogens with zero attached hydrogens (tertiary/aromatic N) is 1. The third kappa shape index (κ3) is 3.76. The Balaban J connectivity index is 2.39. The maximum absolute atomic E-state index is 12.3. The van der Waals surface area contributed by atoms with Crippen molar-refractivity contribution in [1.29, 1.82) is 0 Å². The zero-order chi connectivity index (χ0) is 15.7. The maximum atomic E-state index is 12.3. The van der Waals surface area contributed by atoms with Crippen LogP contribution < -0.4 is 9.86 Å². The Hall–Kier alpha value is -1.55. The van der Waals surface area contributed by atoms with Crippen molar-refractivity contribution in [2.75, 3.05) is 12.3 Å². The molecule has 9 heteroatoms. The van der Waals surface area contributed by atoms with Crippen LogP contribution in [-0.2, 0) is 20.0 Å². The van der Waals surface area contributed by atoms with Crippen LogP contribution in [0.2, 0.25) is 0 Å². The van der Waals surface area contributed by atoms with Crippen molar-refractivity contribution in [3.8, 4) is 0 Å². The number of benzene rings is 1. The Morgan fingerprint density at radius 1 is 1.19 bits per heavy atom. The van der Waals surface area contributed by atoms with E-state index in [9.17, 15) is 16.8 Å². The first-order valence-corrected chi connectivity index (χ1v) is 9.25. The summed E-state index contributed by atoms with van der Waals surface area (Å²) in [5.41, 5.74) is 1.45. The Morgan fingerprint density at radius 2 is 1.90 bits per heavy atom. The van der Waals surface area contributed by atoms with Gasteiger partial charge in [-0.05, 0) is 30.7 Å². The molecule has 3 N–H and O–H groups in total. The number of hydrogen-bond acceptors (Lipinski definition) is 5. The Bertz CT molecular complexity index is 877. The fraction of sp³-hybridized carbons (Fsp3) is 0.250. The van der Waals surface area contributed by atoms with E-state index < -0.39 is 25.8 Å². The van der Waals surface area contributed by atoms with Crippen LogP contribution in [0.4, 0.5) is 0 Å². The van der Waals surface area contributed by atoms with Crippen molar-refractivity contribution in [3.63, 3.8) is 0 Å². The molecule has 21 heavy (non-hydrogen) atoms. The lowest BCUT2D eigenvalue weighted by molar-refractivity contribution is 0.582. The minimum Gasteiger partial charge on any atom is -0.256 e. The molecule has 1 aromatic heterocycles. The van der Waals surface area contributed by atoms with Crippen LogP contribution in [-0.4, -0.2) is 34.1 Å². The summed E-state index contributed by atoms with van der Waals surface area (Å²) in [6, 6.07) is 6.43. The lowest BCUT2D eigenvalue weighted by Crippen LogP contribution is -2.31. The minimum absolute atomic E-state index is 0.0608. The molecule has 0 saturated carbocycles. The monoisotopic (exact) mass is 329 g/mol. The molecule has 2 aromatic rings. The third-order valence-corrected chi connectivity index (χ3v) is 5.19. The summed E-state index contributed by atoms with van der Waals surface area (Å²) >= 11 is 0. The van der Waals surface area contributed by atoms with E-state index >= 15 is 0 Å². The molecule has 0 unspecified atom stereocenters. The molecule has 0 fully saturated rings. The van der Waals surface area contributed by atoms with Gasteiger partial charge in [-0.2, -0.15) is 0 Å². The number of aromatic nitrogens is 1. The number of nitrogens with two attached hydrogens (primary N) is 1. The first-order chi connectivity index (χ1) is 9.71. The number of pyridine rings is 1. The number of rotatable bonds is 5. The molecular weight excluding hydrogens is 314 g/mol. The minimum atomic E-state index is -3.84. The van der Waals surface area contributed by atoms with Gasteiger partial charge >= 0.3 is 0 Å². The van der Waals surface area contributed by atoms with Crippen molar-refractivity contribution < 1.29 is 16.8 Å². The maximum Gasteiger partial charge on any atom is 0.241 e. The smallest absolute Gasteiger partial charge is 0.241 e. The number of primary sulfonamides is 1. The second kappa shape index (κ2) is 5.68. The van der Waals surface area contributed by atoms with Crippen LogP contribution in [0.15, 0.2) is 35.4 Å². The van der Waals surface area contributed by atoms with Gasteiger partial charge in [-0.1, -0.05) is 6.07 Å². The van der Waals surface area contributed by atoms with E-state index in [1.54, 1.807) is 24.4 Å². The van der Waals surface area contributed by atoms with Gasteiger partial charge in [0.1, 0.15) is 0 Å². The average Bonchev–Trinajstić information content (AvgIpc) is 2.37. The molecule has 0 atom stereocenters. The topological polar surface area (TPSA) is 119 Å². The van der Waals surface area contributed by atoms with Gasteiger partial charge in [0.25, 0.3) is 0 Å². The van der Waals surface area contributed by atoms with E-state index in [2.05, 4.69) is 9.71 Å². The molecule has 7 nitrogen and oxygen atoms in total. The molecule has 114 valence electrons. The highest BCUT2D eigenvalue weighted by molar-refractivity contribution is 7.90. The quantitative estimate of drug-likeness (QED) is 0.807. The van der Waals surface area contributed by atoms with E-state index in [4.69, 9.17) is 5.14 Å². The van der Waals surface area contributed by atoms with E-state index in [1.165, 1.54) is 6.07 Å². The van der Waals surface area contributed by atoms with Crippen LogP contribution >= 0.6 is 0 Å². The van der Waals surface area contributed by atoms with E-state index in [1.807, 2.05) is 6.92 Å². The molecule has 1 aromatic carbocycles. The van der Waals surface area contributed by atoms with Gasteiger partial charge in [0, 0.05) is 18.1 Å². The van der Waals surface area contributed by atoms with Crippen molar-refractivity contribution in [1.82, 2.24) is 9.71 Å². The van der Waals surface area contributed by atoms with Gasteiger partial charge in [0.05, 0.1) is 16.2 Å². The SMILES string of the molecule is Cc1ccc(S(=O)(=O)NCCS(N)(=O)=O)c2cccnc12. The van der Waals surface area contributed by atoms with Crippen molar-refractivity contribution in [3.05, 3.63) is 36.0 Å². The number of nitrogens with one attached hydrogen (secondary N) is 1. The summed E-state index contributed by atoms with van der Waals surface area (Å²) in [6.45, 7) is 1.55. The van der Waals surface area contributed by atoms with Gasteiger partial charge in [-0.15, -0.1) is 0 Å². The highest BCUT2D eigenvalue weighted by atomic mass is 32.2. The summed E-state index contributed by atoms with van der Waals surface area (Å²) in [7, 11) is -7.55. The first kappa shape index (κ1) is 15.8. The molecule has 0 aliphatic carbocycles. The second-order valence-corrected chi connectivity index (χ2v) is 8.01. The van der Waals surface area contributed by atoms with Crippen molar-refractivity contribution >= 4 is 30.9 Å². The predicted octanol–water partition coefficient (Wildman–Crippen LogP) is 0.110. The van der Waals surface area contributed by atoms with Crippen molar-refractivity contribution in [2.24, 2.45) is 5.14 Å². The van der Waals surface area contributed by atoms with Crippen LogP contribution in [0.5, 0.6) is 0 Å². The lowest BCUT2D eigenvalue weighted by atomic mass is 10.1. The van der Waals surface area contributed by atoms with E-state index in [0.29, 0.717) is 10.9 Å². The van der Waals surface area contributed by atoms with Gasteiger partial charge in [-0.25, -0.2) is 26.7 Å². The van der Waals surface area contributed by atoms with Gasteiger partial charge in [-0.3, -0.25) is 4.98 Å². The normalized spacial score (nSPS) is 12.7. The van der Waals surface area contributed by atoms with Crippen molar-refractivity contribution in [2.45, 2.75) is 11.8 Å². The molecule has 0 amide bonds. The summed E-state index contributed by atoms with van der Waals surface area (Å²) in [6.07, 6.45) is 1.58. The van der Waals surface area contributed by atoms with Gasteiger partial charge < -0.3 is 0 Å². The zero-order valence-corrected chi connectivity index (χ0v) is 12.9. The van der Waals surface area contributed by atoms with Gasteiger partial charge in [0.2, 0.25) is 20.0 Å². The molecule has 0 spiro atoms. The van der Waals surface area contributed by atoms with Gasteiger partial charge in [0.15, 0.2) is 0 Å². The van der Waals surface area contributed by atoms with Crippen LogP contribution in [0.1, 0.15) is 5.56 Å².